The Hall–Kier alpha value is -1.06. The van der Waals surface area contributed by atoms with Crippen molar-refractivity contribution in [2.45, 2.75) is 20.0 Å². The van der Waals surface area contributed by atoms with Gasteiger partial charge in [-0.2, -0.15) is 8.78 Å². The van der Waals surface area contributed by atoms with Gasteiger partial charge in [0.15, 0.2) is 0 Å². The molecule has 12 heavy (non-hydrogen) atoms. The van der Waals surface area contributed by atoms with E-state index in [-0.39, 0.29) is 17.4 Å². The molecule has 1 aliphatic carbocycles. The van der Waals surface area contributed by atoms with E-state index in [4.69, 9.17) is 5.11 Å². The van der Waals surface area contributed by atoms with Crippen molar-refractivity contribution < 1.29 is 18.6 Å². The van der Waals surface area contributed by atoms with Gasteiger partial charge in [0.1, 0.15) is 5.76 Å². The van der Waals surface area contributed by atoms with Gasteiger partial charge in [0, 0.05) is 12.5 Å². The largest absolute Gasteiger partial charge is 0.512 e. The molecule has 0 radical (unpaired) electrons. The smallest absolute Gasteiger partial charge is 0.387 e. The van der Waals surface area contributed by atoms with Crippen LogP contribution in [0.25, 0.3) is 0 Å². The van der Waals surface area contributed by atoms with E-state index in [1.165, 1.54) is 6.08 Å². The predicted octanol–water partition coefficient (Wildman–Crippen LogP) is 2.59. The van der Waals surface area contributed by atoms with Gasteiger partial charge in [0.05, 0.1) is 5.76 Å². The maximum absolute atomic E-state index is 11.7. The highest BCUT2D eigenvalue weighted by molar-refractivity contribution is 5.21. The van der Waals surface area contributed by atoms with E-state index in [2.05, 4.69) is 4.74 Å². The van der Waals surface area contributed by atoms with E-state index < -0.39 is 6.61 Å². The monoisotopic (exact) mass is 176 g/mol. The van der Waals surface area contributed by atoms with E-state index >= 15 is 0 Å². The molecule has 0 saturated heterocycles. The lowest BCUT2D eigenvalue weighted by atomic mass is 10.0. The molecule has 68 valence electrons. The Balaban J connectivity index is 2.63. The summed E-state index contributed by atoms with van der Waals surface area (Å²) >= 11 is 0. The molecule has 0 aromatic rings. The fraction of sp³-hybridized carbons (Fsp3) is 0.500. The van der Waals surface area contributed by atoms with Crippen LogP contribution in [0, 0.1) is 5.92 Å². The predicted molar refractivity (Wildman–Crippen MR) is 39.7 cm³/mol. The number of aliphatic hydroxyl groups is 1. The molecule has 0 spiro atoms. The van der Waals surface area contributed by atoms with Crippen LogP contribution in [0.1, 0.15) is 13.3 Å². The van der Waals surface area contributed by atoms with Crippen LogP contribution < -0.4 is 0 Å². The molecule has 2 nitrogen and oxygen atoms in total. The third-order valence-electron chi connectivity index (χ3n) is 1.51. The van der Waals surface area contributed by atoms with Gasteiger partial charge in [-0.15, -0.1) is 0 Å². The first kappa shape index (κ1) is 9.03. The zero-order valence-electron chi connectivity index (χ0n) is 6.63. The molecule has 1 atom stereocenters. The first-order valence-corrected chi connectivity index (χ1v) is 3.64. The molecule has 1 aliphatic rings. The topological polar surface area (TPSA) is 29.5 Å². The quantitative estimate of drug-likeness (QED) is 0.700. The molecular formula is C8H10F2O2. The van der Waals surface area contributed by atoms with E-state index in [1.54, 1.807) is 6.08 Å². The summed E-state index contributed by atoms with van der Waals surface area (Å²) in [7, 11) is 0. The second-order valence-electron chi connectivity index (χ2n) is 2.76. The molecule has 1 unspecified atom stereocenters. The number of rotatable bonds is 2. The van der Waals surface area contributed by atoms with Crippen LogP contribution in [0.15, 0.2) is 23.7 Å². The van der Waals surface area contributed by atoms with Gasteiger partial charge in [0.25, 0.3) is 0 Å². The molecule has 0 amide bonds. The van der Waals surface area contributed by atoms with E-state index in [0.717, 1.165) is 0 Å². The van der Waals surface area contributed by atoms with Crippen molar-refractivity contribution in [3.63, 3.8) is 0 Å². The Bertz CT molecular complexity index is 221. The van der Waals surface area contributed by atoms with E-state index in [0.29, 0.717) is 6.42 Å². The van der Waals surface area contributed by atoms with Crippen LogP contribution in [-0.4, -0.2) is 11.7 Å². The van der Waals surface area contributed by atoms with Crippen molar-refractivity contribution in [3.05, 3.63) is 23.7 Å². The zero-order chi connectivity index (χ0) is 9.14. The lowest BCUT2D eigenvalue weighted by Gasteiger charge is -2.14. The third kappa shape index (κ3) is 2.53. The number of aliphatic hydroxyl groups excluding tert-OH is 1. The zero-order valence-corrected chi connectivity index (χ0v) is 6.63. The van der Waals surface area contributed by atoms with Gasteiger partial charge < -0.3 is 9.84 Å². The number of hydrogen-bond donors (Lipinski definition) is 1. The Kier molecular flexibility index (Phi) is 2.68. The van der Waals surface area contributed by atoms with Gasteiger partial charge in [-0.3, -0.25) is 0 Å². The first-order chi connectivity index (χ1) is 5.58. The van der Waals surface area contributed by atoms with Gasteiger partial charge in [-0.05, 0) is 12.0 Å². The van der Waals surface area contributed by atoms with Gasteiger partial charge in [-0.25, -0.2) is 0 Å². The highest BCUT2D eigenvalue weighted by atomic mass is 19.3. The summed E-state index contributed by atoms with van der Waals surface area (Å²) in [5, 5.41) is 9.06. The highest BCUT2D eigenvalue weighted by Gasteiger charge is 2.14. The molecule has 0 heterocycles. The molecule has 1 rings (SSSR count). The lowest BCUT2D eigenvalue weighted by molar-refractivity contribution is -0.0931. The molecule has 0 saturated carbocycles. The minimum Gasteiger partial charge on any atom is -0.512 e. The highest BCUT2D eigenvalue weighted by Crippen LogP contribution is 2.22. The molecule has 1 N–H and O–H groups in total. The van der Waals surface area contributed by atoms with Crippen molar-refractivity contribution in [3.8, 4) is 0 Å². The summed E-state index contributed by atoms with van der Waals surface area (Å²) in [5.41, 5.74) is 0. The number of allylic oxidation sites excluding steroid dienone is 3. The SMILES string of the molecule is CC1C=C(OC(F)F)C=C(O)C1. The standard InChI is InChI=1S/C8H10F2O2/c1-5-2-6(11)4-7(3-5)12-8(9)10/h3-5,8,11H,2H2,1H3. The van der Waals surface area contributed by atoms with Gasteiger partial charge in [-0.1, -0.05) is 6.92 Å². The van der Waals surface area contributed by atoms with Crippen molar-refractivity contribution in [1.82, 2.24) is 0 Å². The van der Waals surface area contributed by atoms with Crippen molar-refractivity contribution in [1.29, 1.82) is 0 Å². The van der Waals surface area contributed by atoms with Gasteiger partial charge in [0.2, 0.25) is 0 Å². The second-order valence-corrected chi connectivity index (χ2v) is 2.76. The minimum absolute atomic E-state index is 0.0428. The summed E-state index contributed by atoms with van der Waals surface area (Å²) in [6.07, 6.45) is 3.26. The molecule has 0 aliphatic heterocycles. The first-order valence-electron chi connectivity index (χ1n) is 3.64. The number of ether oxygens (including phenoxy) is 1. The molecule has 4 heteroatoms. The average Bonchev–Trinajstić information content (AvgIpc) is 1.81. The van der Waals surface area contributed by atoms with Crippen molar-refractivity contribution >= 4 is 0 Å². The van der Waals surface area contributed by atoms with Crippen molar-refractivity contribution in [2.24, 2.45) is 5.92 Å². The van der Waals surface area contributed by atoms with Gasteiger partial charge >= 0.3 is 6.61 Å². The normalized spacial score (nSPS) is 23.5. The summed E-state index contributed by atoms with van der Waals surface area (Å²) in [4.78, 5) is 0. The second kappa shape index (κ2) is 3.56. The fourth-order valence-electron chi connectivity index (χ4n) is 1.12. The summed E-state index contributed by atoms with van der Waals surface area (Å²) in [5.74, 6) is 0.172. The number of alkyl halides is 2. The summed E-state index contributed by atoms with van der Waals surface area (Å²) in [6.45, 7) is -1.01. The Morgan fingerprint density at radius 2 is 2.33 bits per heavy atom. The number of halogens is 2. The molecule has 0 aromatic carbocycles. The van der Waals surface area contributed by atoms with Crippen LogP contribution in [0.2, 0.25) is 0 Å². The molecule has 0 aromatic heterocycles. The Morgan fingerprint density at radius 1 is 1.67 bits per heavy atom. The van der Waals surface area contributed by atoms with Crippen LogP contribution in [0.3, 0.4) is 0 Å². The van der Waals surface area contributed by atoms with Crippen molar-refractivity contribution in [2.75, 3.05) is 0 Å². The molecule has 0 fully saturated rings. The fourth-order valence-corrected chi connectivity index (χ4v) is 1.12. The Labute approximate surface area is 69.1 Å². The maximum Gasteiger partial charge on any atom is 0.387 e. The van der Waals surface area contributed by atoms with Crippen LogP contribution in [0.5, 0.6) is 0 Å². The van der Waals surface area contributed by atoms with Crippen LogP contribution >= 0.6 is 0 Å². The summed E-state index contributed by atoms with van der Waals surface area (Å²) in [6, 6.07) is 0. The van der Waals surface area contributed by atoms with E-state index in [9.17, 15) is 8.78 Å². The maximum atomic E-state index is 11.7. The third-order valence-corrected chi connectivity index (χ3v) is 1.51. The summed E-state index contributed by atoms with van der Waals surface area (Å²) < 4.78 is 27.5. The Morgan fingerprint density at radius 3 is 2.83 bits per heavy atom. The van der Waals surface area contributed by atoms with E-state index in [1.807, 2.05) is 6.92 Å². The molecule has 0 bridgehead atoms. The number of hydrogen-bond acceptors (Lipinski definition) is 2. The molecular weight excluding hydrogens is 166 g/mol. The van der Waals surface area contributed by atoms with Crippen LogP contribution in [0.4, 0.5) is 8.78 Å². The lowest BCUT2D eigenvalue weighted by Crippen LogP contribution is -2.06. The minimum atomic E-state index is -2.83. The van der Waals surface area contributed by atoms with Crippen LogP contribution in [-0.2, 0) is 4.74 Å². The average molecular weight is 176 g/mol.